The Hall–Kier alpha value is -2.70. The van der Waals surface area contributed by atoms with Crippen LogP contribution in [-0.2, 0) is 11.3 Å². The number of ether oxygens (including phenoxy) is 1. The van der Waals surface area contributed by atoms with Gasteiger partial charge in [0.05, 0.1) is 17.8 Å². The van der Waals surface area contributed by atoms with E-state index in [1.165, 1.54) is 11.3 Å². The number of nitrogens with one attached hydrogen (secondary N) is 1. The summed E-state index contributed by atoms with van der Waals surface area (Å²) in [5.41, 5.74) is 4.52. The van der Waals surface area contributed by atoms with Crippen molar-refractivity contribution in [2.24, 2.45) is 0 Å². The zero-order chi connectivity index (χ0) is 20.5. The lowest BCUT2D eigenvalue weighted by Crippen LogP contribution is -2.31. The van der Waals surface area contributed by atoms with E-state index in [9.17, 15) is 0 Å². The smallest absolute Gasteiger partial charge is 0.174 e. The van der Waals surface area contributed by atoms with Crippen LogP contribution >= 0.6 is 12.2 Å². The van der Waals surface area contributed by atoms with Crippen LogP contribution < -0.4 is 10.2 Å². The number of aryl methyl sites for hydroxylation is 1. The van der Waals surface area contributed by atoms with Gasteiger partial charge in [0.2, 0.25) is 0 Å². The average Bonchev–Trinajstić information content (AvgIpc) is 3.49. The first-order valence-electron chi connectivity index (χ1n) is 10.5. The van der Waals surface area contributed by atoms with Crippen LogP contribution in [0.4, 0.5) is 5.69 Å². The van der Waals surface area contributed by atoms with Crippen LogP contribution in [0.15, 0.2) is 67.0 Å². The molecule has 0 aliphatic carbocycles. The summed E-state index contributed by atoms with van der Waals surface area (Å²) in [6, 6.07) is 18.9. The van der Waals surface area contributed by atoms with Gasteiger partial charge in [-0.25, -0.2) is 0 Å². The van der Waals surface area contributed by atoms with E-state index in [0.717, 1.165) is 42.5 Å². The molecule has 0 spiro atoms. The van der Waals surface area contributed by atoms with Crippen molar-refractivity contribution in [1.29, 1.82) is 0 Å². The molecule has 4 heterocycles. The molecule has 1 N–H and O–H groups in total. The predicted molar refractivity (Wildman–Crippen MR) is 123 cm³/mol. The number of aromatic nitrogens is 2. The van der Waals surface area contributed by atoms with Gasteiger partial charge in [0.1, 0.15) is 6.04 Å². The second-order valence-electron chi connectivity index (χ2n) is 8.06. The summed E-state index contributed by atoms with van der Waals surface area (Å²) in [5, 5.41) is 4.28. The molecule has 5 nitrogen and oxygen atoms in total. The van der Waals surface area contributed by atoms with Crippen LogP contribution in [0.25, 0.3) is 0 Å². The summed E-state index contributed by atoms with van der Waals surface area (Å²) in [5.74, 6) is 0. The lowest BCUT2D eigenvalue weighted by atomic mass is 10.0. The second kappa shape index (κ2) is 8.20. The highest BCUT2D eigenvalue weighted by Crippen LogP contribution is 2.41. The van der Waals surface area contributed by atoms with Gasteiger partial charge >= 0.3 is 0 Å². The summed E-state index contributed by atoms with van der Waals surface area (Å²) in [6.07, 6.45) is 6.53. The minimum Gasteiger partial charge on any atom is -0.376 e. The number of thiocarbonyl (C=S) groups is 1. The highest BCUT2D eigenvalue weighted by Gasteiger charge is 2.42. The Balaban J connectivity index is 1.58. The molecule has 1 aromatic carbocycles. The fraction of sp³-hybridized carbons (Fsp3) is 0.333. The van der Waals surface area contributed by atoms with Gasteiger partial charge in [0.25, 0.3) is 0 Å². The Morgan fingerprint density at radius 3 is 2.87 bits per heavy atom. The van der Waals surface area contributed by atoms with Crippen LogP contribution in [0.5, 0.6) is 0 Å². The zero-order valence-electron chi connectivity index (χ0n) is 17.1. The first kappa shape index (κ1) is 19.3. The van der Waals surface area contributed by atoms with Crippen LogP contribution in [0.1, 0.15) is 41.9 Å². The largest absolute Gasteiger partial charge is 0.376 e. The van der Waals surface area contributed by atoms with Crippen molar-refractivity contribution in [3.63, 3.8) is 0 Å². The van der Waals surface area contributed by atoms with Crippen molar-refractivity contribution in [3.05, 3.63) is 83.9 Å². The van der Waals surface area contributed by atoms with Gasteiger partial charge < -0.3 is 19.5 Å². The summed E-state index contributed by atoms with van der Waals surface area (Å²) < 4.78 is 8.24. The van der Waals surface area contributed by atoms with Crippen LogP contribution in [0.2, 0.25) is 0 Å². The Morgan fingerprint density at radius 1 is 1.17 bits per heavy atom. The van der Waals surface area contributed by atoms with Crippen molar-refractivity contribution in [3.8, 4) is 0 Å². The maximum absolute atomic E-state index is 5.92. The maximum Gasteiger partial charge on any atom is 0.174 e. The van der Waals surface area contributed by atoms with Gasteiger partial charge in [0, 0.05) is 36.9 Å². The van der Waals surface area contributed by atoms with Gasteiger partial charge in [-0.3, -0.25) is 4.98 Å². The summed E-state index contributed by atoms with van der Waals surface area (Å²) in [4.78, 5) is 6.89. The molecule has 3 atom stereocenters. The Bertz CT molecular complexity index is 1030. The third-order valence-electron chi connectivity index (χ3n) is 5.97. The highest BCUT2D eigenvalue weighted by atomic mass is 32.1. The molecule has 2 aliphatic heterocycles. The first-order valence-corrected chi connectivity index (χ1v) is 11.0. The molecule has 0 saturated carbocycles. The van der Waals surface area contributed by atoms with Crippen molar-refractivity contribution >= 4 is 23.0 Å². The molecule has 0 amide bonds. The lowest BCUT2D eigenvalue weighted by Gasteiger charge is -2.29. The molecule has 2 aliphatic rings. The average molecular weight is 419 g/mol. The van der Waals surface area contributed by atoms with Gasteiger partial charge in [-0.05, 0) is 73.9 Å². The van der Waals surface area contributed by atoms with E-state index in [-0.39, 0.29) is 18.2 Å². The summed E-state index contributed by atoms with van der Waals surface area (Å²) >= 11 is 5.83. The Labute approximate surface area is 182 Å². The van der Waals surface area contributed by atoms with Crippen molar-refractivity contribution < 1.29 is 4.74 Å². The number of anilines is 1. The van der Waals surface area contributed by atoms with E-state index in [4.69, 9.17) is 17.0 Å². The molecule has 6 heteroatoms. The van der Waals surface area contributed by atoms with E-state index < -0.39 is 0 Å². The van der Waals surface area contributed by atoms with Crippen molar-refractivity contribution in [2.75, 3.05) is 11.5 Å². The first-order chi connectivity index (χ1) is 14.7. The number of benzene rings is 1. The molecule has 3 unspecified atom stereocenters. The zero-order valence-corrected chi connectivity index (χ0v) is 17.9. The topological polar surface area (TPSA) is 42.3 Å². The monoisotopic (exact) mass is 418 g/mol. The predicted octanol–water partition coefficient (Wildman–Crippen LogP) is 4.55. The van der Waals surface area contributed by atoms with Crippen molar-refractivity contribution in [1.82, 2.24) is 14.9 Å². The minimum absolute atomic E-state index is 0.00519. The van der Waals surface area contributed by atoms with Gasteiger partial charge in [-0.15, -0.1) is 0 Å². The normalized spacial score (nSPS) is 23.7. The van der Waals surface area contributed by atoms with E-state index in [1.807, 2.05) is 18.3 Å². The fourth-order valence-electron chi connectivity index (χ4n) is 4.58. The van der Waals surface area contributed by atoms with E-state index in [0.29, 0.717) is 0 Å². The molecular weight excluding hydrogens is 392 g/mol. The molecule has 0 radical (unpaired) electrons. The van der Waals surface area contributed by atoms with Gasteiger partial charge in [-0.1, -0.05) is 18.2 Å². The SMILES string of the molecule is Cc1cccc(N2C(=S)NC(c3ccccn3)C2c2cccn2CC2CCCO2)c1. The number of pyridine rings is 1. The van der Waals surface area contributed by atoms with E-state index in [2.05, 4.69) is 75.4 Å². The maximum atomic E-state index is 5.92. The molecule has 2 saturated heterocycles. The second-order valence-corrected chi connectivity index (χ2v) is 8.44. The Morgan fingerprint density at radius 2 is 2.10 bits per heavy atom. The molecule has 2 fully saturated rings. The Kier molecular flexibility index (Phi) is 5.27. The third-order valence-corrected chi connectivity index (χ3v) is 6.28. The number of hydrogen-bond donors (Lipinski definition) is 1. The van der Waals surface area contributed by atoms with Gasteiger partial charge in [0.15, 0.2) is 5.11 Å². The molecule has 5 rings (SSSR count). The molecule has 154 valence electrons. The molecule has 3 aromatic rings. The number of hydrogen-bond acceptors (Lipinski definition) is 3. The van der Waals surface area contributed by atoms with Crippen LogP contribution in [0.3, 0.4) is 0 Å². The molecule has 2 aromatic heterocycles. The number of rotatable bonds is 5. The van der Waals surface area contributed by atoms with E-state index >= 15 is 0 Å². The fourth-order valence-corrected chi connectivity index (χ4v) is 4.93. The van der Waals surface area contributed by atoms with Crippen molar-refractivity contribution in [2.45, 2.75) is 44.5 Å². The lowest BCUT2D eigenvalue weighted by molar-refractivity contribution is 0.0961. The van der Waals surface area contributed by atoms with Crippen LogP contribution in [0, 0.1) is 6.92 Å². The summed E-state index contributed by atoms with van der Waals surface area (Å²) in [6.45, 7) is 3.84. The van der Waals surface area contributed by atoms with E-state index in [1.54, 1.807) is 0 Å². The standard InChI is InChI=1S/C24H26N4OS/c1-17-7-4-8-18(15-17)28-23(22(26-24(28)30)20-10-2-3-12-25-20)21-11-5-13-27(21)16-19-9-6-14-29-19/h2-5,7-8,10-13,15,19,22-23H,6,9,14,16H2,1H3,(H,26,30). The molecule has 0 bridgehead atoms. The number of nitrogens with zero attached hydrogens (tertiary/aromatic N) is 3. The highest BCUT2D eigenvalue weighted by molar-refractivity contribution is 7.80. The summed E-state index contributed by atoms with van der Waals surface area (Å²) in [7, 11) is 0. The van der Waals surface area contributed by atoms with Gasteiger partial charge in [-0.2, -0.15) is 0 Å². The van der Waals surface area contributed by atoms with Crippen LogP contribution in [-0.4, -0.2) is 27.4 Å². The third kappa shape index (κ3) is 3.61. The molecule has 30 heavy (non-hydrogen) atoms. The quantitative estimate of drug-likeness (QED) is 0.616. The molecular formula is C24H26N4OS. The minimum atomic E-state index is -0.0302.